The summed E-state index contributed by atoms with van der Waals surface area (Å²) in [4.78, 5) is 14.6. The maximum atomic E-state index is 12.3. The lowest BCUT2D eigenvalue weighted by atomic mass is 10.2. The van der Waals surface area contributed by atoms with Gasteiger partial charge < -0.3 is 5.32 Å². The van der Waals surface area contributed by atoms with E-state index >= 15 is 0 Å². The zero-order chi connectivity index (χ0) is 20.9. The van der Waals surface area contributed by atoms with E-state index in [2.05, 4.69) is 28.9 Å². The number of nitrogens with one attached hydrogen (secondary N) is 2. The SMILES string of the molecule is CC(CNC(=O)c1ccc(NS(=O)(=O)/C=C/c2ccccc2)cc1)N(C)C1CC1. The van der Waals surface area contributed by atoms with E-state index in [-0.39, 0.29) is 11.9 Å². The minimum atomic E-state index is -3.64. The van der Waals surface area contributed by atoms with Crippen LogP contribution in [0.5, 0.6) is 0 Å². The quantitative estimate of drug-likeness (QED) is 0.661. The molecule has 1 aliphatic carbocycles. The Labute approximate surface area is 172 Å². The molecule has 1 amide bonds. The number of carbonyl (C=O) groups is 1. The molecule has 7 heteroatoms. The highest BCUT2D eigenvalue weighted by molar-refractivity contribution is 7.95. The number of benzene rings is 2. The smallest absolute Gasteiger partial charge is 0.255 e. The number of rotatable bonds is 9. The number of anilines is 1. The molecule has 1 unspecified atom stereocenters. The van der Waals surface area contributed by atoms with E-state index in [1.54, 1.807) is 24.3 Å². The molecule has 0 aromatic heterocycles. The molecular weight excluding hydrogens is 386 g/mol. The summed E-state index contributed by atoms with van der Waals surface area (Å²) in [6, 6.07) is 16.5. The molecule has 29 heavy (non-hydrogen) atoms. The molecule has 0 bridgehead atoms. The van der Waals surface area contributed by atoms with Crippen LogP contribution in [0.4, 0.5) is 5.69 Å². The number of hydrogen-bond acceptors (Lipinski definition) is 4. The lowest BCUT2D eigenvalue weighted by molar-refractivity contribution is 0.0939. The predicted molar refractivity (Wildman–Crippen MR) is 117 cm³/mol. The van der Waals surface area contributed by atoms with Crippen molar-refractivity contribution in [1.29, 1.82) is 0 Å². The Morgan fingerprint density at radius 2 is 1.79 bits per heavy atom. The van der Waals surface area contributed by atoms with Crippen molar-refractivity contribution in [2.45, 2.75) is 31.8 Å². The molecule has 0 heterocycles. The van der Waals surface area contributed by atoms with Crippen molar-refractivity contribution in [2.75, 3.05) is 18.3 Å². The largest absolute Gasteiger partial charge is 0.350 e. The normalized spacial score (nSPS) is 15.4. The Bertz CT molecular complexity index is 953. The standard InChI is InChI=1S/C22H27N3O3S/c1-17(25(2)21-12-13-21)16-23-22(26)19-8-10-20(11-9-19)24-29(27,28)15-14-18-6-4-3-5-7-18/h3-11,14-15,17,21,24H,12-13,16H2,1-2H3,(H,23,26)/b15-14+. The Balaban J connectivity index is 1.53. The average molecular weight is 414 g/mol. The first-order valence-electron chi connectivity index (χ1n) is 9.70. The van der Waals surface area contributed by atoms with E-state index in [9.17, 15) is 13.2 Å². The van der Waals surface area contributed by atoms with Gasteiger partial charge in [-0.05, 0) is 62.7 Å². The second-order valence-corrected chi connectivity index (χ2v) is 8.96. The fourth-order valence-electron chi connectivity index (χ4n) is 2.95. The Kier molecular flexibility index (Phi) is 6.71. The highest BCUT2D eigenvalue weighted by Gasteiger charge is 2.29. The number of amides is 1. The molecule has 3 rings (SSSR count). The van der Waals surface area contributed by atoms with Gasteiger partial charge in [-0.2, -0.15) is 0 Å². The lowest BCUT2D eigenvalue weighted by Crippen LogP contribution is -2.41. The molecule has 1 aliphatic rings. The van der Waals surface area contributed by atoms with Crippen LogP contribution in [0.3, 0.4) is 0 Å². The molecule has 2 N–H and O–H groups in total. The fourth-order valence-corrected chi connectivity index (χ4v) is 3.82. The molecule has 1 saturated carbocycles. The van der Waals surface area contributed by atoms with Gasteiger partial charge in [0, 0.05) is 29.9 Å². The first-order chi connectivity index (χ1) is 13.8. The number of likely N-dealkylation sites (N-methyl/N-ethyl adjacent to an activating group) is 1. The minimum absolute atomic E-state index is 0.167. The summed E-state index contributed by atoms with van der Waals surface area (Å²) in [6.07, 6.45) is 3.99. The third kappa shape index (κ3) is 6.44. The van der Waals surface area contributed by atoms with E-state index in [0.29, 0.717) is 23.8 Å². The third-order valence-electron chi connectivity index (χ3n) is 5.02. The monoisotopic (exact) mass is 413 g/mol. The summed E-state index contributed by atoms with van der Waals surface area (Å²) >= 11 is 0. The molecule has 0 spiro atoms. The van der Waals surface area contributed by atoms with Gasteiger partial charge in [0.1, 0.15) is 0 Å². The topological polar surface area (TPSA) is 78.5 Å². The zero-order valence-corrected chi connectivity index (χ0v) is 17.5. The zero-order valence-electron chi connectivity index (χ0n) is 16.7. The van der Waals surface area contributed by atoms with Crippen molar-refractivity contribution in [1.82, 2.24) is 10.2 Å². The highest BCUT2D eigenvalue weighted by atomic mass is 32.2. The van der Waals surface area contributed by atoms with E-state index in [4.69, 9.17) is 0 Å². The van der Waals surface area contributed by atoms with Gasteiger partial charge in [0.05, 0.1) is 5.41 Å². The van der Waals surface area contributed by atoms with Crippen molar-refractivity contribution in [3.63, 3.8) is 0 Å². The average Bonchev–Trinajstić information content (AvgIpc) is 3.56. The van der Waals surface area contributed by atoms with Crippen LogP contribution in [-0.2, 0) is 10.0 Å². The summed E-state index contributed by atoms with van der Waals surface area (Å²) in [5, 5.41) is 4.06. The van der Waals surface area contributed by atoms with Gasteiger partial charge in [-0.1, -0.05) is 30.3 Å². The van der Waals surface area contributed by atoms with Gasteiger partial charge in [-0.25, -0.2) is 8.42 Å². The van der Waals surface area contributed by atoms with E-state index in [1.807, 2.05) is 30.3 Å². The Morgan fingerprint density at radius 3 is 2.41 bits per heavy atom. The van der Waals surface area contributed by atoms with Crippen molar-refractivity contribution in [3.05, 3.63) is 71.1 Å². The summed E-state index contributed by atoms with van der Waals surface area (Å²) in [7, 11) is -1.55. The minimum Gasteiger partial charge on any atom is -0.350 e. The Hall–Kier alpha value is -2.64. The van der Waals surface area contributed by atoms with Crippen LogP contribution in [0.1, 0.15) is 35.7 Å². The van der Waals surface area contributed by atoms with Crippen LogP contribution in [0.25, 0.3) is 6.08 Å². The first kappa shape index (κ1) is 21.1. The van der Waals surface area contributed by atoms with Gasteiger partial charge in [0.25, 0.3) is 15.9 Å². The summed E-state index contributed by atoms with van der Waals surface area (Å²) < 4.78 is 26.9. The van der Waals surface area contributed by atoms with Crippen LogP contribution in [0.2, 0.25) is 0 Å². The molecule has 1 atom stereocenters. The summed E-state index contributed by atoms with van der Waals surface area (Å²) in [6.45, 7) is 2.67. The predicted octanol–water partition coefficient (Wildman–Crippen LogP) is 3.31. The van der Waals surface area contributed by atoms with E-state index in [1.165, 1.54) is 18.9 Å². The highest BCUT2D eigenvalue weighted by Crippen LogP contribution is 2.26. The van der Waals surface area contributed by atoms with Gasteiger partial charge in [-0.3, -0.25) is 14.4 Å². The number of hydrogen-bond donors (Lipinski definition) is 2. The molecular formula is C22H27N3O3S. The van der Waals surface area contributed by atoms with Crippen LogP contribution in [-0.4, -0.2) is 44.9 Å². The van der Waals surface area contributed by atoms with Crippen LogP contribution in [0, 0.1) is 0 Å². The maximum absolute atomic E-state index is 12.3. The van der Waals surface area contributed by atoms with Gasteiger partial charge >= 0.3 is 0 Å². The second-order valence-electron chi connectivity index (χ2n) is 7.39. The van der Waals surface area contributed by atoms with Gasteiger partial charge in [0.2, 0.25) is 0 Å². The van der Waals surface area contributed by atoms with Crippen molar-refractivity contribution in [2.24, 2.45) is 0 Å². The molecule has 0 saturated heterocycles. The van der Waals surface area contributed by atoms with Crippen LogP contribution < -0.4 is 10.0 Å². The number of carbonyl (C=O) groups excluding carboxylic acids is 1. The van der Waals surface area contributed by atoms with E-state index in [0.717, 1.165) is 11.0 Å². The molecule has 6 nitrogen and oxygen atoms in total. The maximum Gasteiger partial charge on any atom is 0.255 e. The summed E-state index contributed by atoms with van der Waals surface area (Å²) in [5.41, 5.74) is 1.70. The van der Waals surface area contributed by atoms with Gasteiger partial charge in [-0.15, -0.1) is 0 Å². The van der Waals surface area contributed by atoms with Crippen LogP contribution in [0.15, 0.2) is 60.0 Å². The molecule has 0 aliphatic heterocycles. The lowest BCUT2D eigenvalue weighted by Gasteiger charge is -2.24. The molecule has 0 radical (unpaired) electrons. The van der Waals surface area contributed by atoms with Crippen LogP contribution >= 0.6 is 0 Å². The van der Waals surface area contributed by atoms with Crippen molar-refractivity contribution in [3.8, 4) is 0 Å². The fraction of sp³-hybridized carbons (Fsp3) is 0.318. The van der Waals surface area contributed by atoms with E-state index < -0.39 is 10.0 Å². The molecule has 2 aromatic carbocycles. The third-order valence-corrected chi connectivity index (χ3v) is 6.04. The Morgan fingerprint density at radius 1 is 1.14 bits per heavy atom. The summed E-state index contributed by atoms with van der Waals surface area (Å²) in [5.74, 6) is -0.167. The molecule has 154 valence electrons. The molecule has 2 aromatic rings. The first-order valence-corrected chi connectivity index (χ1v) is 11.2. The van der Waals surface area contributed by atoms with Crippen molar-refractivity contribution < 1.29 is 13.2 Å². The molecule has 1 fully saturated rings. The second kappa shape index (κ2) is 9.24. The van der Waals surface area contributed by atoms with Crippen molar-refractivity contribution >= 4 is 27.7 Å². The number of nitrogens with zero attached hydrogens (tertiary/aromatic N) is 1. The van der Waals surface area contributed by atoms with Gasteiger partial charge in [0.15, 0.2) is 0 Å². The number of sulfonamides is 1.